The molecule has 3 nitrogen and oxygen atoms in total. The smallest absolute Gasteiger partial charge is 0.257 e. The van der Waals surface area contributed by atoms with Gasteiger partial charge in [0, 0.05) is 11.1 Å². The van der Waals surface area contributed by atoms with E-state index in [1.54, 1.807) is 19.1 Å². The Hall–Kier alpha value is -2.75. The van der Waals surface area contributed by atoms with Gasteiger partial charge in [-0.2, -0.15) is 0 Å². The van der Waals surface area contributed by atoms with Crippen LogP contribution in [0.3, 0.4) is 0 Å². The summed E-state index contributed by atoms with van der Waals surface area (Å²) in [6, 6.07) is 11.9. The summed E-state index contributed by atoms with van der Waals surface area (Å²) in [6.45, 7) is 5.69. The molecule has 3 rings (SSSR count). The Morgan fingerprint density at radius 2 is 1.83 bits per heavy atom. The zero-order valence-corrected chi connectivity index (χ0v) is 13.3. The number of pyridine rings is 1. The number of hydrogen-bond acceptors (Lipinski definition) is 2. The van der Waals surface area contributed by atoms with E-state index in [0.29, 0.717) is 22.2 Å². The van der Waals surface area contributed by atoms with Gasteiger partial charge in [-0.25, -0.2) is 4.39 Å². The lowest BCUT2D eigenvalue weighted by Crippen LogP contribution is -2.15. The Bertz CT molecular complexity index is 919. The van der Waals surface area contributed by atoms with Crippen LogP contribution in [0.5, 0.6) is 0 Å². The van der Waals surface area contributed by atoms with E-state index in [-0.39, 0.29) is 11.7 Å². The van der Waals surface area contributed by atoms with Crippen LogP contribution in [0.1, 0.15) is 27.2 Å². The topological polar surface area (TPSA) is 42.0 Å². The molecular formula is C19H17FN2O. The summed E-state index contributed by atoms with van der Waals surface area (Å²) >= 11 is 0. The Balaban J connectivity index is 2.00. The molecule has 0 radical (unpaired) electrons. The summed E-state index contributed by atoms with van der Waals surface area (Å²) in [7, 11) is 0. The summed E-state index contributed by atoms with van der Waals surface area (Å²) < 4.78 is 13.4. The van der Waals surface area contributed by atoms with Crippen LogP contribution in [-0.4, -0.2) is 10.9 Å². The van der Waals surface area contributed by atoms with Gasteiger partial charge in [-0.05, 0) is 62.2 Å². The summed E-state index contributed by atoms with van der Waals surface area (Å²) in [5.41, 5.74) is 4.57. The first-order chi connectivity index (χ1) is 10.9. The standard InChI is InChI=1S/C19H17FN2O/c1-11-4-5-12(2)18(8-11)22-19(23)16-10-14-9-15(20)6-7-17(14)21-13(16)3/h4-10H,1-3H3,(H,22,23). The largest absolute Gasteiger partial charge is 0.322 e. The monoisotopic (exact) mass is 308 g/mol. The zero-order chi connectivity index (χ0) is 16.6. The number of halogens is 1. The van der Waals surface area contributed by atoms with Gasteiger partial charge in [-0.3, -0.25) is 9.78 Å². The number of fused-ring (bicyclic) bond motifs is 1. The van der Waals surface area contributed by atoms with Crippen molar-refractivity contribution in [3.8, 4) is 0 Å². The maximum absolute atomic E-state index is 13.4. The normalized spacial score (nSPS) is 10.8. The number of aromatic nitrogens is 1. The molecule has 0 aliphatic heterocycles. The third kappa shape index (κ3) is 3.06. The number of carbonyl (C=O) groups is 1. The van der Waals surface area contributed by atoms with Gasteiger partial charge in [0.25, 0.3) is 5.91 Å². The second-order valence-corrected chi connectivity index (χ2v) is 5.73. The zero-order valence-electron chi connectivity index (χ0n) is 13.3. The second-order valence-electron chi connectivity index (χ2n) is 5.73. The van der Waals surface area contributed by atoms with Crippen molar-refractivity contribution in [1.29, 1.82) is 0 Å². The first kappa shape index (κ1) is 15.2. The highest BCUT2D eigenvalue weighted by molar-refractivity contribution is 6.07. The minimum atomic E-state index is -0.343. The van der Waals surface area contributed by atoms with E-state index in [1.165, 1.54) is 12.1 Å². The number of nitrogens with zero attached hydrogens (tertiary/aromatic N) is 1. The van der Waals surface area contributed by atoms with Crippen LogP contribution in [0.4, 0.5) is 10.1 Å². The van der Waals surface area contributed by atoms with Gasteiger partial charge >= 0.3 is 0 Å². The van der Waals surface area contributed by atoms with E-state index in [2.05, 4.69) is 10.3 Å². The Labute approximate surface area is 134 Å². The lowest BCUT2D eigenvalue weighted by Gasteiger charge is -2.11. The fraction of sp³-hybridized carbons (Fsp3) is 0.158. The molecule has 1 N–H and O–H groups in total. The van der Waals surface area contributed by atoms with Crippen molar-refractivity contribution < 1.29 is 9.18 Å². The SMILES string of the molecule is Cc1ccc(C)c(NC(=O)c2cc3cc(F)ccc3nc2C)c1. The molecule has 0 fully saturated rings. The van der Waals surface area contributed by atoms with Crippen molar-refractivity contribution in [2.24, 2.45) is 0 Å². The highest BCUT2D eigenvalue weighted by atomic mass is 19.1. The predicted molar refractivity (Wildman–Crippen MR) is 90.3 cm³/mol. The molecule has 0 aliphatic carbocycles. The Morgan fingerprint density at radius 3 is 2.61 bits per heavy atom. The number of hydrogen-bond donors (Lipinski definition) is 1. The Kier molecular flexibility index (Phi) is 3.82. The molecule has 2 aromatic carbocycles. The second kappa shape index (κ2) is 5.80. The lowest BCUT2D eigenvalue weighted by molar-refractivity contribution is 0.102. The van der Waals surface area contributed by atoms with Crippen molar-refractivity contribution in [1.82, 2.24) is 4.98 Å². The van der Waals surface area contributed by atoms with Gasteiger partial charge in [0.15, 0.2) is 0 Å². The van der Waals surface area contributed by atoms with Crippen molar-refractivity contribution >= 4 is 22.5 Å². The van der Waals surface area contributed by atoms with E-state index < -0.39 is 0 Å². The number of nitrogens with one attached hydrogen (secondary N) is 1. The minimum absolute atomic E-state index is 0.241. The summed E-state index contributed by atoms with van der Waals surface area (Å²) in [4.78, 5) is 17.0. The summed E-state index contributed by atoms with van der Waals surface area (Å²) in [5, 5.41) is 3.53. The first-order valence-electron chi connectivity index (χ1n) is 7.39. The first-order valence-corrected chi connectivity index (χ1v) is 7.39. The van der Waals surface area contributed by atoms with Crippen LogP contribution in [-0.2, 0) is 0 Å². The van der Waals surface area contributed by atoms with Crippen molar-refractivity contribution in [2.75, 3.05) is 5.32 Å². The summed E-state index contributed by atoms with van der Waals surface area (Å²) in [5.74, 6) is -0.584. The van der Waals surface area contributed by atoms with Gasteiger partial charge in [-0.15, -0.1) is 0 Å². The van der Waals surface area contributed by atoms with Gasteiger partial charge in [0.2, 0.25) is 0 Å². The fourth-order valence-corrected chi connectivity index (χ4v) is 2.53. The number of amides is 1. The average molecular weight is 308 g/mol. The molecule has 1 amide bonds. The third-order valence-corrected chi connectivity index (χ3v) is 3.85. The lowest BCUT2D eigenvalue weighted by atomic mass is 10.1. The van der Waals surface area contributed by atoms with Crippen LogP contribution >= 0.6 is 0 Å². The molecule has 3 aromatic rings. The third-order valence-electron chi connectivity index (χ3n) is 3.85. The minimum Gasteiger partial charge on any atom is -0.322 e. The van der Waals surface area contributed by atoms with Crippen LogP contribution < -0.4 is 5.32 Å². The maximum atomic E-state index is 13.4. The number of benzene rings is 2. The molecular weight excluding hydrogens is 291 g/mol. The van der Waals surface area contributed by atoms with E-state index >= 15 is 0 Å². The molecule has 0 spiro atoms. The number of carbonyl (C=O) groups excluding carboxylic acids is 1. The average Bonchev–Trinajstić information content (AvgIpc) is 2.50. The molecule has 4 heteroatoms. The van der Waals surface area contributed by atoms with Gasteiger partial charge in [-0.1, -0.05) is 12.1 Å². The highest BCUT2D eigenvalue weighted by Crippen LogP contribution is 2.21. The van der Waals surface area contributed by atoms with Crippen LogP contribution in [0, 0.1) is 26.6 Å². The van der Waals surface area contributed by atoms with Crippen molar-refractivity contribution in [2.45, 2.75) is 20.8 Å². The molecule has 0 saturated heterocycles. The highest BCUT2D eigenvalue weighted by Gasteiger charge is 2.13. The van der Waals surface area contributed by atoms with E-state index in [4.69, 9.17) is 0 Å². The maximum Gasteiger partial charge on any atom is 0.257 e. The number of rotatable bonds is 2. The molecule has 1 heterocycles. The van der Waals surface area contributed by atoms with Crippen molar-refractivity contribution in [3.63, 3.8) is 0 Å². The van der Waals surface area contributed by atoms with E-state index in [9.17, 15) is 9.18 Å². The molecule has 1 aromatic heterocycles. The quantitative estimate of drug-likeness (QED) is 0.754. The molecule has 0 bridgehead atoms. The Morgan fingerprint density at radius 1 is 1.04 bits per heavy atom. The molecule has 0 unspecified atom stereocenters. The van der Waals surface area contributed by atoms with Gasteiger partial charge < -0.3 is 5.32 Å². The van der Waals surface area contributed by atoms with Crippen LogP contribution in [0.25, 0.3) is 10.9 Å². The van der Waals surface area contributed by atoms with E-state index in [0.717, 1.165) is 16.8 Å². The molecule has 23 heavy (non-hydrogen) atoms. The molecule has 0 atom stereocenters. The molecule has 0 saturated carbocycles. The fourth-order valence-electron chi connectivity index (χ4n) is 2.53. The number of anilines is 1. The number of aryl methyl sites for hydroxylation is 3. The van der Waals surface area contributed by atoms with Gasteiger partial charge in [0.1, 0.15) is 5.82 Å². The van der Waals surface area contributed by atoms with Crippen LogP contribution in [0.15, 0.2) is 42.5 Å². The van der Waals surface area contributed by atoms with Crippen LogP contribution in [0.2, 0.25) is 0 Å². The van der Waals surface area contributed by atoms with E-state index in [1.807, 2.05) is 32.0 Å². The van der Waals surface area contributed by atoms with Gasteiger partial charge in [0.05, 0.1) is 16.8 Å². The predicted octanol–water partition coefficient (Wildman–Crippen LogP) is 4.55. The summed E-state index contributed by atoms with van der Waals surface area (Å²) in [6.07, 6.45) is 0. The molecule has 0 aliphatic rings. The molecule has 116 valence electrons. The van der Waals surface area contributed by atoms with Crippen molar-refractivity contribution in [3.05, 3.63) is 70.7 Å².